The van der Waals surface area contributed by atoms with E-state index in [-0.39, 0.29) is 34.8 Å². The molecule has 0 saturated carbocycles. The van der Waals surface area contributed by atoms with Crippen LogP contribution in [0.1, 0.15) is 6.42 Å². The summed E-state index contributed by atoms with van der Waals surface area (Å²) in [5.41, 5.74) is 0.406. The van der Waals surface area contributed by atoms with E-state index in [0.717, 1.165) is 4.90 Å². The number of hydrogen-bond donors (Lipinski definition) is 2. The summed E-state index contributed by atoms with van der Waals surface area (Å²) in [5, 5.41) is 19.2. The molecule has 0 spiro atoms. The van der Waals surface area contributed by atoms with Crippen molar-refractivity contribution in [2.75, 3.05) is 6.54 Å². The van der Waals surface area contributed by atoms with E-state index in [1.54, 1.807) is 36.4 Å². The summed E-state index contributed by atoms with van der Waals surface area (Å²) in [6.45, 7) is -0.105. The van der Waals surface area contributed by atoms with E-state index in [4.69, 9.17) is 20.8 Å². The van der Waals surface area contributed by atoms with Crippen molar-refractivity contribution in [1.29, 1.82) is 0 Å². The second-order valence-corrected chi connectivity index (χ2v) is 8.32. The van der Waals surface area contributed by atoms with Gasteiger partial charge in [0.1, 0.15) is 23.7 Å². The first kappa shape index (κ1) is 21.2. The third-order valence-electron chi connectivity index (χ3n) is 5.00. The molecule has 3 aromatic rings. The van der Waals surface area contributed by atoms with Crippen LogP contribution in [0.5, 0.6) is 5.75 Å². The van der Waals surface area contributed by atoms with Crippen molar-refractivity contribution in [2.45, 2.75) is 18.6 Å². The number of halogens is 2. The molecule has 0 bridgehead atoms. The van der Waals surface area contributed by atoms with Gasteiger partial charge in [0, 0.05) is 17.0 Å². The maximum absolute atomic E-state index is 12.6. The molecule has 31 heavy (non-hydrogen) atoms. The molecule has 1 fully saturated rings. The second kappa shape index (κ2) is 8.24. The molecule has 0 radical (unpaired) electrons. The quantitative estimate of drug-likeness (QED) is 0.534. The molecule has 160 valence electrons. The van der Waals surface area contributed by atoms with Crippen LogP contribution in [0.15, 0.2) is 56.1 Å². The normalized spacial score (nSPS) is 18.3. The first-order chi connectivity index (χ1) is 14.7. The predicted octanol–water partition coefficient (Wildman–Crippen LogP) is 4.46. The molecule has 2 N–H and O–H groups in total. The number of nitrogens with zero attached hydrogens (tertiary/aromatic N) is 1. The molecule has 1 saturated heterocycles. The van der Waals surface area contributed by atoms with Crippen molar-refractivity contribution in [3.05, 3.63) is 62.2 Å². The third kappa shape index (κ3) is 4.11. The summed E-state index contributed by atoms with van der Waals surface area (Å²) in [4.78, 5) is 36.2. The van der Waals surface area contributed by atoms with E-state index in [9.17, 15) is 24.6 Å². The van der Waals surface area contributed by atoms with Gasteiger partial charge in [-0.3, -0.25) is 9.69 Å². The zero-order valence-electron chi connectivity index (χ0n) is 15.7. The molecule has 0 unspecified atom stereocenters. The lowest BCUT2D eigenvalue weighted by Gasteiger charge is -2.18. The number of amides is 1. The van der Waals surface area contributed by atoms with Gasteiger partial charge < -0.3 is 19.4 Å². The Morgan fingerprint density at radius 3 is 2.65 bits per heavy atom. The van der Waals surface area contributed by atoms with Gasteiger partial charge in [-0.15, -0.1) is 0 Å². The summed E-state index contributed by atoms with van der Waals surface area (Å²) < 4.78 is 12.6. The smallest absolute Gasteiger partial charge is 0.408 e. The number of carbonyl (C=O) groups is 2. The minimum absolute atomic E-state index is 0.0128. The zero-order chi connectivity index (χ0) is 22.3. The number of ether oxygens (including phenoxy) is 1. The molecule has 1 aliphatic rings. The molecule has 4 rings (SSSR count). The van der Waals surface area contributed by atoms with E-state index < -0.39 is 24.2 Å². The molecular formula is C21H15BrClNO7. The van der Waals surface area contributed by atoms with E-state index in [1.807, 2.05) is 0 Å². The van der Waals surface area contributed by atoms with Crippen LogP contribution in [0.3, 0.4) is 0 Å². The Bertz CT molecular complexity index is 1240. The Labute approximate surface area is 188 Å². The van der Waals surface area contributed by atoms with Crippen LogP contribution in [0.2, 0.25) is 5.02 Å². The van der Waals surface area contributed by atoms with Crippen molar-refractivity contribution in [3.63, 3.8) is 0 Å². The van der Waals surface area contributed by atoms with Crippen LogP contribution in [-0.4, -0.2) is 45.9 Å². The molecule has 1 aromatic heterocycles. The molecule has 8 nitrogen and oxygen atoms in total. The molecule has 2 aromatic carbocycles. The van der Waals surface area contributed by atoms with E-state index >= 15 is 0 Å². The Balaban J connectivity index is 1.74. The SMILES string of the molecule is O=C(O)[C@@H]1C[C@H](Oc2cc(Br)ccc2-c2cc(=O)c3cccc(Cl)c3o2)CN1C(=O)O. The summed E-state index contributed by atoms with van der Waals surface area (Å²) in [7, 11) is 0. The van der Waals surface area contributed by atoms with Gasteiger partial charge in [0.05, 0.1) is 22.5 Å². The summed E-state index contributed by atoms with van der Waals surface area (Å²) in [6.07, 6.45) is -2.04. The van der Waals surface area contributed by atoms with E-state index in [0.29, 0.717) is 21.2 Å². The standard InChI is InChI=1S/C21H15BrClNO7/c22-10-4-5-13(18-8-16(25)12-2-1-3-14(23)19(12)31-18)17(6-10)30-11-7-15(20(26)27)24(9-11)21(28)29/h1-6,8,11,15H,7,9H2,(H,26,27)(H,28,29)/t11-,15-/m0/s1. The van der Waals surface area contributed by atoms with Crippen molar-refractivity contribution >= 4 is 50.6 Å². The molecule has 10 heteroatoms. The van der Waals surface area contributed by atoms with E-state index in [1.165, 1.54) is 6.07 Å². The van der Waals surface area contributed by atoms with Crippen LogP contribution in [0, 0.1) is 0 Å². The molecule has 2 heterocycles. The number of carboxylic acid groups (broad SMARTS) is 2. The van der Waals surface area contributed by atoms with Gasteiger partial charge in [0.25, 0.3) is 0 Å². The van der Waals surface area contributed by atoms with Crippen molar-refractivity contribution < 1.29 is 29.0 Å². The maximum Gasteiger partial charge on any atom is 0.408 e. The van der Waals surface area contributed by atoms with Crippen LogP contribution >= 0.6 is 27.5 Å². The number of likely N-dealkylation sites (tertiary alicyclic amines) is 1. The summed E-state index contributed by atoms with van der Waals surface area (Å²) in [5.74, 6) is -0.709. The van der Waals surface area contributed by atoms with Gasteiger partial charge in [-0.25, -0.2) is 9.59 Å². The number of fused-ring (bicyclic) bond motifs is 1. The second-order valence-electron chi connectivity index (χ2n) is 7.00. The van der Waals surface area contributed by atoms with Gasteiger partial charge in [0.2, 0.25) is 0 Å². The van der Waals surface area contributed by atoms with Crippen LogP contribution in [0.25, 0.3) is 22.3 Å². The van der Waals surface area contributed by atoms with Gasteiger partial charge in [-0.2, -0.15) is 0 Å². The average molecular weight is 509 g/mol. The largest absolute Gasteiger partial charge is 0.488 e. The fraction of sp³-hybridized carbons (Fsp3) is 0.190. The van der Waals surface area contributed by atoms with Gasteiger partial charge in [0.15, 0.2) is 11.0 Å². The third-order valence-corrected chi connectivity index (χ3v) is 5.79. The number of hydrogen-bond acceptors (Lipinski definition) is 5. The Hall–Kier alpha value is -3.04. The lowest BCUT2D eigenvalue weighted by Crippen LogP contribution is -2.39. The minimum Gasteiger partial charge on any atom is -0.488 e. The average Bonchev–Trinajstić information content (AvgIpc) is 3.13. The van der Waals surface area contributed by atoms with Gasteiger partial charge in [-0.05, 0) is 30.3 Å². The molecule has 1 aliphatic heterocycles. The monoisotopic (exact) mass is 507 g/mol. The topological polar surface area (TPSA) is 117 Å². The summed E-state index contributed by atoms with van der Waals surface area (Å²) in [6, 6.07) is 10.1. The first-order valence-corrected chi connectivity index (χ1v) is 10.3. The Morgan fingerprint density at radius 1 is 1.19 bits per heavy atom. The first-order valence-electron chi connectivity index (χ1n) is 9.16. The molecule has 1 amide bonds. The van der Waals surface area contributed by atoms with Crippen molar-refractivity contribution in [1.82, 2.24) is 4.90 Å². The van der Waals surface area contributed by atoms with Crippen LogP contribution in [-0.2, 0) is 4.79 Å². The van der Waals surface area contributed by atoms with Gasteiger partial charge in [-0.1, -0.05) is 33.6 Å². The van der Waals surface area contributed by atoms with Crippen LogP contribution < -0.4 is 10.2 Å². The lowest BCUT2D eigenvalue weighted by molar-refractivity contribution is -0.141. The van der Waals surface area contributed by atoms with Crippen LogP contribution in [0.4, 0.5) is 4.79 Å². The van der Waals surface area contributed by atoms with Crippen molar-refractivity contribution in [3.8, 4) is 17.1 Å². The fourth-order valence-electron chi connectivity index (χ4n) is 3.58. The highest BCUT2D eigenvalue weighted by Crippen LogP contribution is 2.36. The number of aliphatic carboxylic acids is 1. The molecule has 2 atom stereocenters. The minimum atomic E-state index is -1.33. The predicted molar refractivity (Wildman–Crippen MR) is 116 cm³/mol. The fourth-order valence-corrected chi connectivity index (χ4v) is 4.13. The zero-order valence-corrected chi connectivity index (χ0v) is 18.1. The van der Waals surface area contributed by atoms with Gasteiger partial charge >= 0.3 is 12.1 Å². The Morgan fingerprint density at radius 2 is 1.97 bits per heavy atom. The highest BCUT2D eigenvalue weighted by atomic mass is 79.9. The van der Waals surface area contributed by atoms with Crippen molar-refractivity contribution in [2.24, 2.45) is 0 Å². The number of para-hydroxylation sites is 1. The summed E-state index contributed by atoms with van der Waals surface area (Å²) >= 11 is 9.56. The maximum atomic E-state index is 12.6. The lowest BCUT2D eigenvalue weighted by atomic mass is 10.1. The number of carboxylic acids is 1. The number of benzene rings is 2. The molecule has 0 aliphatic carbocycles. The highest BCUT2D eigenvalue weighted by Gasteiger charge is 2.41. The van der Waals surface area contributed by atoms with E-state index in [2.05, 4.69) is 15.9 Å². The number of rotatable bonds is 4. The highest BCUT2D eigenvalue weighted by molar-refractivity contribution is 9.10. The molecular weight excluding hydrogens is 494 g/mol. The Kier molecular flexibility index (Phi) is 5.63.